The maximum atomic E-state index is 12.5. The average Bonchev–Trinajstić information content (AvgIpc) is 2.97. The van der Waals surface area contributed by atoms with Crippen molar-refractivity contribution in [2.45, 2.75) is 9.79 Å². The SMILES string of the molecule is O=S(=O)(O)c1ccccc1C=Cc1cccc(Nc2cc(N(c3ccccc3)c3ccccc3)nnn2)c1S(=O)(=O)O.[H-].[Na+]. The van der Waals surface area contributed by atoms with Gasteiger partial charge in [-0.3, -0.25) is 14.0 Å². The molecule has 0 aliphatic heterocycles. The van der Waals surface area contributed by atoms with Gasteiger partial charge in [0.15, 0.2) is 11.6 Å². The molecule has 5 aromatic rings. The molecule has 43 heavy (non-hydrogen) atoms. The molecule has 0 saturated heterocycles. The first-order chi connectivity index (χ1) is 20.1. The fourth-order valence-corrected chi connectivity index (χ4v) is 5.79. The van der Waals surface area contributed by atoms with Crippen LogP contribution in [0, 0.1) is 0 Å². The van der Waals surface area contributed by atoms with Gasteiger partial charge in [-0.1, -0.05) is 78.9 Å². The second-order valence-corrected chi connectivity index (χ2v) is 11.6. The molecule has 3 N–H and O–H groups in total. The van der Waals surface area contributed by atoms with Gasteiger partial charge in [0.25, 0.3) is 20.2 Å². The Morgan fingerprint density at radius 2 is 1.23 bits per heavy atom. The van der Waals surface area contributed by atoms with Crippen molar-refractivity contribution in [3.63, 3.8) is 0 Å². The first-order valence-electron chi connectivity index (χ1n) is 12.3. The number of hydrogen-bond donors (Lipinski definition) is 3. The van der Waals surface area contributed by atoms with E-state index in [0.29, 0.717) is 5.82 Å². The standard InChI is InChI=1S/C29H23N5O6S2.Na.H/c35-41(36,37)26-17-8-7-10-21(26)18-19-22-11-9-16-25(29(22)42(38,39)40)30-27-20-28(32-33-31-27)34(23-12-3-1-4-13-23)24-14-5-2-6-15-24;;/h1-20H,(H,30,31,32)(H,35,36,37)(H,38,39,40);;/q;+1;-1. The van der Waals surface area contributed by atoms with Crippen LogP contribution in [0.2, 0.25) is 0 Å². The molecule has 0 fully saturated rings. The van der Waals surface area contributed by atoms with E-state index in [2.05, 4.69) is 20.7 Å². The Labute approximate surface area is 272 Å². The smallest absolute Gasteiger partial charge is 1.00 e. The third kappa shape index (κ3) is 7.72. The topological polar surface area (TPSA) is 163 Å². The van der Waals surface area contributed by atoms with Crippen LogP contribution in [0.4, 0.5) is 28.7 Å². The molecule has 11 nitrogen and oxygen atoms in total. The molecule has 0 unspecified atom stereocenters. The van der Waals surface area contributed by atoms with Crippen molar-refractivity contribution in [2.24, 2.45) is 0 Å². The van der Waals surface area contributed by atoms with Crippen LogP contribution in [0.1, 0.15) is 12.6 Å². The number of benzene rings is 4. The molecule has 0 spiro atoms. The summed E-state index contributed by atoms with van der Waals surface area (Å²) < 4.78 is 68.3. The minimum absolute atomic E-state index is 0. The summed E-state index contributed by atoms with van der Waals surface area (Å²) in [4.78, 5) is 1.01. The Bertz CT molecular complexity index is 1950. The minimum Gasteiger partial charge on any atom is -1.00 e. The molecule has 0 bridgehead atoms. The predicted molar refractivity (Wildman–Crippen MR) is 160 cm³/mol. The fourth-order valence-electron chi connectivity index (χ4n) is 4.28. The zero-order valence-corrected chi connectivity index (χ0v) is 26.3. The third-order valence-electron chi connectivity index (χ3n) is 6.03. The van der Waals surface area contributed by atoms with Crippen molar-refractivity contribution in [1.29, 1.82) is 0 Å². The molecule has 1 aromatic heterocycles. The summed E-state index contributed by atoms with van der Waals surface area (Å²) >= 11 is 0. The summed E-state index contributed by atoms with van der Waals surface area (Å²) in [6.45, 7) is 0. The van der Waals surface area contributed by atoms with Gasteiger partial charge in [-0.2, -0.15) is 16.8 Å². The predicted octanol–water partition coefficient (Wildman–Crippen LogP) is 2.87. The maximum Gasteiger partial charge on any atom is 1.00 e. The van der Waals surface area contributed by atoms with E-state index in [0.717, 1.165) is 11.4 Å². The van der Waals surface area contributed by atoms with E-state index in [4.69, 9.17) is 0 Å². The normalized spacial score (nSPS) is 11.6. The van der Waals surface area contributed by atoms with Crippen LogP contribution in [0.25, 0.3) is 12.2 Å². The van der Waals surface area contributed by atoms with Crippen LogP contribution in [0.5, 0.6) is 0 Å². The molecule has 0 atom stereocenters. The van der Waals surface area contributed by atoms with Crippen molar-refractivity contribution in [3.05, 3.63) is 120 Å². The van der Waals surface area contributed by atoms with E-state index >= 15 is 0 Å². The number of hydrogen-bond acceptors (Lipinski definition) is 9. The van der Waals surface area contributed by atoms with Crippen molar-refractivity contribution >= 4 is 61.1 Å². The Balaban J connectivity index is 0.00000264. The van der Waals surface area contributed by atoms with E-state index in [1.165, 1.54) is 42.5 Å². The van der Waals surface area contributed by atoms with E-state index in [-0.39, 0.29) is 58.5 Å². The largest absolute Gasteiger partial charge is 1.00 e. The summed E-state index contributed by atoms with van der Waals surface area (Å²) in [5.41, 5.74) is 1.74. The summed E-state index contributed by atoms with van der Waals surface area (Å²) in [5.74, 6) is 0.524. The van der Waals surface area contributed by atoms with E-state index in [1.807, 2.05) is 65.6 Å². The van der Waals surface area contributed by atoms with Crippen LogP contribution in [-0.4, -0.2) is 41.4 Å². The molecule has 4 aromatic carbocycles. The van der Waals surface area contributed by atoms with Crippen LogP contribution in [0.15, 0.2) is 119 Å². The van der Waals surface area contributed by atoms with Gasteiger partial charge in [-0.05, 0) is 52.7 Å². The fraction of sp³-hybridized carbons (Fsp3) is 0. The van der Waals surface area contributed by atoms with Gasteiger partial charge in [-0.25, -0.2) is 0 Å². The number of nitrogens with zero attached hydrogens (tertiary/aromatic N) is 4. The van der Waals surface area contributed by atoms with Gasteiger partial charge < -0.3 is 6.74 Å². The molecule has 0 aliphatic carbocycles. The first-order valence-corrected chi connectivity index (χ1v) is 15.2. The second-order valence-electron chi connectivity index (χ2n) is 8.85. The molecule has 214 valence electrons. The Morgan fingerprint density at radius 1 is 0.674 bits per heavy atom. The van der Waals surface area contributed by atoms with Gasteiger partial charge in [0.2, 0.25) is 0 Å². The molecule has 0 amide bonds. The van der Waals surface area contributed by atoms with Crippen LogP contribution >= 0.6 is 0 Å². The summed E-state index contributed by atoms with van der Waals surface area (Å²) in [6.07, 6.45) is 2.63. The molecule has 14 heteroatoms. The van der Waals surface area contributed by atoms with Crippen molar-refractivity contribution in [2.75, 3.05) is 10.2 Å². The minimum atomic E-state index is -4.80. The summed E-state index contributed by atoms with van der Waals surface area (Å²) in [5, 5.41) is 15.0. The molecule has 0 radical (unpaired) electrons. The first kappa shape index (κ1) is 32.0. The Kier molecular flexibility index (Phi) is 10.1. The van der Waals surface area contributed by atoms with Crippen LogP contribution in [-0.2, 0) is 20.2 Å². The quantitative estimate of drug-likeness (QED) is 0.125. The van der Waals surface area contributed by atoms with Crippen LogP contribution in [0.3, 0.4) is 0 Å². The molecule has 0 aliphatic rings. The van der Waals surface area contributed by atoms with Gasteiger partial charge in [-0.15, -0.1) is 10.2 Å². The van der Waals surface area contributed by atoms with E-state index in [1.54, 1.807) is 18.2 Å². The van der Waals surface area contributed by atoms with E-state index in [9.17, 15) is 25.9 Å². The second kappa shape index (κ2) is 13.6. The zero-order valence-electron chi connectivity index (χ0n) is 23.7. The zero-order chi connectivity index (χ0) is 29.7. The van der Waals surface area contributed by atoms with Crippen molar-refractivity contribution in [1.82, 2.24) is 15.4 Å². The van der Waals surface area contributed by atoms with Gasteiger partial charge in [0, 0.05) is 17.4 Å². The third-order valence-corrected chi connectivity index (χ3v) is 7.93. The average molecular weight is 626 g/mol. The van der Waals surface area contributed by atoms with Crippen molar-refractivity contribution < 1.29 is 56.9 Å². The number of rotatable bonds is 9. The molecule has 1 heterocycles. The van der Waals surface area contributed by atoms with E-state index < -0.39 is 25.1 Å². The van der Waals surface area contributed by atoms with Gasteiger partial charge >= 0.3 is 29.6 Å². The Morgan fingerprint density at radius 3 is 1.84 bits per heavy atom. The molecular formula is C29H24N5NaO6S2. The van der Waals surface area contributed by atoms with Crippen LogP contribution < -0.4 is 39.8 Å². The summed E-state index contributed by atoms with van der Waals surface area (Å²) in [7, 11) is -9.33. The summed E-state index contributed by atoms with van der Waals surface area (Å²) in [6, 6.07) is 30.5. The number of anilines is 5. The monoisotopic (exact) mass is 625 g/mol. The molecule has 5 rings (SSSR count). The number of para-hydroxylation sites is 2. The van der Waals surface area contributed by atoms with Gasteiger partial charge in [0.05, 0.1) is 5.69 Å². The number of aromatic nitrogens is 3. The number of nitrogens with one attached hydrogen (secondary N) is 1. The maximum absolute atomic E-state index is 12.5. The Hall–Kier alpha value is -3.95. The van der Waals surface area contributed by atoms with Gasteiger partial charge in [0.1, 0.15) is 9.79 Å². The molecule has 0 saturated carbocycles. The molecular weight excluding hydrogens is 601 g/mol. The van der Waals surface area contributed by atoms with Crippen molar-refractivity contribution in [3.8, 4) is 0 Å².